The molecule has 0 fully saturated rings. The maximum atomic E-state index is 13.6. The van der Waals surface area contributed by atoms with Crippen molar-refractivity contribution >= 4 is 27.3 Å². The third-order valence-electron chi connectivity index (χ3n) is 3.18. The van der Waals surface area contributed by atoms with Crippen LogP contribution in [0.5, 0.6) is 0 Å². The summed E-state index contributed by atoms with van der Waals surface area (Å²) in [5.74, 6) is -0.196. The van der Waals surface area contributed by atoms with Crippen LogP contribution in [0.25, 0.3) is 0 Å². The first-order chi connectivity index (χ1) is 9.65. The summed E-state index contributed by atoms with van der Waals surface area (Å²) in [5.41, 5.74) is 0.961. The largest absolute Gasteiger partial charge is 0.306 e. The molecule has 1 aromatic heterocycles. The van der Waals surface area contributed by atoms with Gasteiger partial charge in [-0.25, -0.2) is 4.39 Å². The van der Waals surface area contributed by atoms with Gasteiger partial charge in [-0.1, -0.05) is 29.8 Å². The number of hydrogen-bond donors (Lipinski definition) is 1. The molecule has 20 heavy (non-hydrogen) atoms. The Bertz CT molecular complexity index is 567. The fourth-order valence-corrected chi connectivity index (χ4v) is 3.65. The van der Waals surface area contributed by atoms with Crippen LogP contribution < -0.4 is 5.32 Å². The van der Waals surface area contributed by atoms with Gasteiger partial charge in [0.05, 0.1) is 6.04 Å². The quantitative estimate of drug-likeness (QED) is 0.741. The van der Waals surface area contributed by atoms with Crippen molar-refractivity contribution in [3.8, 4) is 0 Å². The molecular formula is C16H19BrFNS. The summed E-state index contributed by atoms with van der Waals surface area (Å²) >= 11 is 5.34. The first-order valence-electron chi connectivity index (χ1n) is 6.92. The highest BCUT2D eigenvalue weighted by Crippen LogP contribution is 2.33. The molecule has 2 aromatic rings. The molecule has 108 valence electrons. The third kappa shape index (κ3) is 3.68. The van der Waals surface area contributed by atoms with Crippen LogP contribution in [0.2, 0.25) is 0 Å². The lowest BCUT2D eigenvalue weighted by molar-refractivity contribution is 0.589. The first kappa shape index (κ1) is 15.7. The van der Waals surface area contributed by atoms with Gasteiger partial charge in [0.25, 0.3) is 0 Å². The van der Waals surface area contributed by atoms with Crippen molar-refractivity contribution in [2.75, 3.05) is 6.54 Å². The fourth-order valence-electron chi connectivity index (χ4n) is 2.13. The predicted molar refractivity (Wildman–Crippen MR) is 87.9 cm³/mol. The molecule has 0 bridgehead atoms. The Morgan fingerprint density at radius 2 is 2.05 bits per heavy atom. The smallest absolute Gasteiger partial charge is 0.123 e. The molecule has 1 unspecified atom stereocenters. The average Bonchev–Trinajstić information content (AvgIpc) is 2.92. The van der Waals surface area contributed by atoms with Crippen molar-refractivity contribution in [3.63, 3.8) is 0 Å². The summed E-state index contributed by atoms with van der Waals surface area (Å²) in [6.07, 6.45) is 2.09. The van der Waals surface area contributed by atoms with Crippen molar-refractivity contribution in [3.05, 3.63) is 55.9 Å². The number of aryl methyl sites for hydroxylation is 1. The van der Waals surface area contributed by atoms with E-state index in [1.165, 1.54) is 15.8 Å². The Balaban J connectivity index is 2.38. The van der Waals surface area contributed by atoms with Gasteiger partial charge in [-0.05, 0) is 55.3 Å². The molecule has 0 saturated heterocycles. The zero-order valence-corrected chi connectivity index (χ0v) is 14.2. The Labute approximate surface area is 132 Å². The Morgan fingerprint density at radius 3 is 2.70 bits per heavy atom. The maximum Gasteiger partial charge on any atom is 0.123 e. The molecule has 1 N–H and O–H groups in total. The van der Waals surface area contributed by atoms with E-state index < -0.39 is 0 Å². The second-order valence-electron chi connectivity index (χ2n) is 4.71. The second kappa shape index (κ2) is 7.34. The second-order valence-corrected chi connectivity index (χ2v) is 6.76. The summed E-state index contributed by atoms with van der Waals surface area (Å²) < 4.78 is 14.5. The normalized spacial score (nSPS) is 12.6. The zero-order chi connectivity index (χ0) is 14.5. The van der Waals surface area contributed by atoms with E-state index in [1.807, 2.05) is 0 Å². The highest BCUT2D eigenvalue weighted by molar-refractivity contribution is 9.10. The molecule has 1 atom stereocenters. The summed E-state index contributed by atoms with van der Waals surface area (Å²) in [6.45, 7) is 5.20. The van der Waals surface area contributed by atoms with Gasteiger partial charge in [-0.15, -0.1) is 11.3 Å². The van der Waals surface area contributed by atoms with Gasteiger partial charge < -0.3 is 5.32 Å². The van der Waals surface area contributed by atoms with Crippen molar-refractivity contribution in [2.24, 2.45) is 0 Å². The molecule has 0 amide bonds. The zero-order valence-electron chi connectivity index (χ0n) is 11.7. The average molecular weight is 356 g/mol. The number of hydrogen-bond acceptors (Lipinski definition) is 2. The van der Waals surface area contributed by atoms with E-state index >= 15 is 0 Å². The monoisotopic (exact) mass is 355 g/mol. The number of halogens is 2. The highest BCUT2D eigenvalue weighted by atomic mass is 79.9. The molecule has 2 rings (SSSR count). The van der Waals surface area contributed by atoms with Crippen molar-refractivity contribution < 1.29 is 4.39 Å². The lowest BCUT2D eigenvalue weighted by Crippen LogP contribution is -2.22. The van der Waals surface area contributed by atoms with E-state index in [2.05, 4.69) is 47.2 Å². The highest BCUT2D eigenvalue weighted by Gasteiger charge is 2.18. The molecule has 0 aliphatic heterocycles. The Morgan fingerprint density at radius 1 is 1.25 bits per heavy atom. The Hall–Kier alpha value is -0.710. The minimum absolute atomic E-state index is 0.0466. The molecule has 1 nitrogen and oxygen atoms in total. The minimum atomic E-state index is -0.196. The molecule has 0 aliphatic rings. The van der Waals surface area contributed by atoms with Crippen LogP contribution in [0.4, 0.5) is 4.39 Å². The van der Waals surface area contributed by atoms with E-state index in [0.717, 1.165) is 29.4 Å². The van der Waals surface area contributed by atoms with E-state index in [1.54, 1.807) is 23.5 Å². The molecule has 0 saturated carbocycles. The van der Waals surface area contributed by atoms with Gasteiger partial charge in [-0.3, -0.25) is 0 Å². The number of rotatable bonds is 6. The van der Waals surface area contributed by atoms with Crippen LogP contribution in [0, 0.1) is 5.82 Å². The van der Waals surface area contributed by atoms with Gasteiger partial charge in [0.1, 0.15) is 5.82 Å². The van der Waals surface area contributed by atoms with Crippen molar-refractivity contribution in [2.45, 2.75) is 32.7 Å². The van der Waals surface area contributed by atoms with E-state index in [0.29, 0.717) is 0 Å². The predicted octanol–water partition coefficient (Wildman–Crippen LogP) is 5.30. The molecule has 0 spiro atoms. The summed E-state index contributed by atoms with van der Waals surface area (Å²) in [4.78, 5) is 2.59. The number of nitrogens with one attached hydrogen (secondary N) is 1. The van der Waals surface area contributed by atoms with E-state index in [4.69, 9.17) is 0 Å². The minimum Gasteiger partial charge on any atom is -0.306 e. The molecular weight excluding hydrogens is 337 g/mol. The van der Waals surface area contributed by atoms with Crippen LogP contribution in [0.1, 0.15) is 41.6 Å². The SMILES string of the molecule is CCCNC(c1ccc(CC)s1)c1cc(F)ccc1Br. The Kier molecular flexibility index (Phi) is 5.75. The van der Waals surface area contributed by atoms with Gasteiger partial charge in [0.2, 0.25) is 0 Å². The standard InChI is InChI=1S/C16H19BrFNS/c1-3-9-19-16(15-8-6-12(4-2)20-15)13-10-11(18)5-7-14(13)17/h5-8,10,16,19H,3-4,9H2,1-2H3. The van der Waals surface area contributed by atoms with Crippen molar-refractivity contribution in [1.82, 2.24) is 5.32 Å². The summed E-state index contributed by atoms with van der Waals surface area (Å²) in [7, 11) is 0. The van der Waals surface area contributed by atoms with Crippen LogP contribution in [-0.2, 0) is 6.42 Å². The van der Waals surface area contributed by atoms with E-state index in [9.17, 15) is 4.39 Å². The lowest BCUT2D eigenvalue weighted by atomic mass is 10.0. The first-order valence-corrected chi connectivity index (χ1v) is 8.53. The van der Waals surface area contributed by atoms with Gasteiger partial charge >= 0.3 is 0 Å². The van der Waals surface area contributed by atoms with Crippen LogP contribution in [-0.4, -0.2) is 6.54 Å². The molecule has 0 radical (unpaired) electrons. The maximum absolute atomic E-state index is 13.6. The van der Waals surface area contributed by atoms with Crippen LogP contribution >= 0.6 is 27.3 Å². The van der Waals surface area contributed by atoms with Crippen molar-refractivity contribution in [1.29, 1.82) is 0 Å². The van der Waals surface area contributed by atoms with Gasteiger partial charge in [0, 0.05) is 14.2 Å². The molecule has 1 aromatic carbocycles. The topological polar surface area (TPSA) is 12.0 Å². The molecule has 0 aliphatic carbocycles. The van der Waals surface area contributed by atoms with Crippen LogP contribution in [0.3, 0.4) is 0 Å². The molecule has 1 heterocycles. The molecule has 4 heteroatoms. The third-order valence-corrected chi connectivity index (χ3v) is 5.20. The summed E-state index contributed by atoms with van der Waals surface area (Å²) in [6, 6.07) is 9.23. The van der Waals surface area contributed by atoms with Gasteiger partial charge in [0.15, 0.2) is 0 Å². The fraction of sp³-hybridized carbons (Fsp3) is 0.375. The number of benzene rings is 1. The summed E-state index contributed by atoms with van der Waals surface area (Å²) in [5, 5.41) is 3.52. The lowest BCUT2D eigenvalue weighted by Gasteiger charge is -2.19. The number of thiophene rings is 1. The van der Waals surface area contributed by atoms with E-state index in [-0.39, 0.29) is 11.9 Å². The van der Waals surface area contributed by atoms with Crippen LogP contribution in [0.15, 0.2) is 34.8 Å². The van der Waals surface area contributed by atoms with Gasteiger partial charge in [-0.2, -0.15) is 0 Å².